The first-order chi connectivity index (χ1) is 13.4. The van der Waals surface area contributed by atoms with Crippen LogP contribution >= 0.6 is 11.3 Å². The van der Waals surface area contributed by atoms with Gasteiger partial charge in [0.25, 0.3) is 0 Å². The van der Waals surface area contributed by atoms with Crippen LogP contribution in [0.4, 0.5) is 0 Å². The minimum atomic E-state index is 0.276. The molecule has 0 unspecified atom stereocenters. The summed E-state index contributed by atoms with van der Waals surface area (Å²) in [5.41, 5.74) is 4.69. The average Bonchev–Trinajstić information content (AvgIpc) is 3.31. The maximum absolute atomic E-state index is 12.6. The first-order valence-corrected chi connectivity index (χ1v) is 11.0. The fraction of sp³-hybridized carbons (Fsp3) is 0.571. The number of aryl methyl sites for hydroxylation is 5. The summed E-state index contributed by atoms with van der Waals surface area (Å²) >= 11 is 1.79. The van der Waals surface area contributed by atoms with E-state index in [2.05, 4.69) is 41.7 Å². The van der Waals surface area contributed by atoms with Gasteiger partial charge in [-0.25, -0.2) is 4.98 Å². The second-order valence-electron chi connectivity index (χ2n) is 7.97. The quantitative estimate of drug-likeness (QED) is 0.651. The minimum absolute atomic E-state index is 0.276. The molecule has 1 aliphatic heterocycles. The third kappa shape index (κ3) is 3.60. The number of amides is 1. The molecule has 0 aliphatic carbocycles. The number of piperidine rings is 1. The third-order valence-electron chi connectivity index (χ3n) is 5.82. The van der Waals surface area contributed by atoms with Crippen LogP contribution < -0.4 is 0 Å². The van der Waals surface area contributed by atoms with Gasteiger partial charge in [-0.2, -0.15) is 5.10 Å². The molecule has 1 fully saturated rings. The van der Waals surface area contributed by atoms with E-state index in [1.54, 1.807) is 11.3 Å². The molecule has 1 amide bonds. The van der Waals surface area contributed by atoms with E-state index in [-0.39, 0.29) is 5.91 Å². The third-order valence-corrected chi connectivity index (χ3v) is 6.89. The van der Waals surface area contributed by atoms with E-state index in [1.165, 1.54) is 16.2 Å². The van der Waals surface area contributed by atoms with Crippen LogP contribution in [0.3, 0.4) is 0 Å². The number of carbonyl (C=O) groups is 1. The highest BCUT2D eigenvalue weighted by Crippen LogP contribution is 2.34. The Kier molecular flexibility index (Phi) is 5.27. The number of fused-ring (bicyclic) bond motifs is 1. The van der Waals surface area contributed by atoms with Crippen molar-refractivity contribution < 1.29 is 4.79 Å². The van der Waals surface area contributed by atoms with E-state index in [9.17, 15) is 4.79 Å². The molecular weight excluding hydrogens is 370 g/mol. The summed E-state index contributed by atoms with van der Waals surface area (Å²) in [4.78, 5) is 20.8. The van der Waals surface area contributed by atoms with Gasteiger partial charge in [0.15, 0.2) is 0 Å². The number of nitrogens with zero attached hydrogens (tertiary/aromatic N) is 5. The standard InChI is InChI=1S/C21H29N5OS/c1-14-12-15(2)25(23-14)9-5-6-19(27)24-10-7-18(8-11-24)20-21-26(17(4)22-20)16(3)13-28-21/h12-13,18H,5-11H2,1-4H3. The molecule has 3 aromatic heterocycles. The molecule has 28 heavy (non-hydrogen) atoms. The molecule has 6 nitrogen and oxygen atoms in total. The maximum Gasteiger partial charge on any atom is 0.222 e. The van der Waals surface area contributed by atoms with Crippen molar-refractivity contribution in [1.29, 1.82) is 0 Å². The predicted molar refractivity (Wildman–Crippen MR) is 112 cm³/mol. The monoisotopic (exact) mass is 399 g/mol. The lowest BCUT2D eigenvalue weighted by Crippen LogP contribution is -2.38. The Hall–Kier alpha value is -2.15. The largest absolute Gasteiger partial charge is 0.343 e. The summed E-state index contributed by atoms with van der Waals surface area (Å²) in [6.45, 7) is 10.8. The Labute approximate surface area is 170 Å². The van der Waals surface area contributed by atoms with Crippen molar-refractivity contribution in [2.45, 2.75) is 65.8 Å². The molecule has 0 aromatic carbocycles. The molecule has 1 saturated heterocycles. The first kappa shape index (κ1) is 19.2. The lowest BCUT2D eigenvalue weighted by molar-refractivity contribution is -0.132. The van der Waals surface area contributed by atoms with E-state index in [0.717, 1.165) is 56.1 Å². The normalized spacial score (nSPS) is 15.6. The van der Waals surface area contributed by atoms with Gasteiger partial charge < -0.3 is 4.90 Å². The molecule has 3 aromatic rings. The summed E-state index contributed by atoms with van der Waals surface area (Å²) in [6.07, 6.45) is 3.45. The van der Waals surface area contributed by atoms with Gasteiger partial charge in [-0.05, 0) is 53.0 Å². The summed E-state index contributed by atoms with van der Waals surface area (Å²) in [7, 11) is 0. The molecule has 4 heterocycles. The maximum atomic E-state index is 12.6. The van der Waals surface area contributed by atoms with Crippen LogP contribution in [0.5, 0.6) is 0 Å². The highest BCUT2D eigenvalue weighted by molar-refractivity contribution is 7.15. The number of likely N-dealkylation sites (tertiary alicyclic amines) is 1. The number of thiazole rings is 1. The molecule has 7 heteroatoms. The highest BCUT2D eigenvalue weighted by Gasteiger charge is 2.27. The van der Waals surface area contributed by atoms with Crippen LogP contribution in [0, 0.1) is 27.7 Å². The minimum Gasteiger partial charge on any atom is -0.343 e. The van der Waals surface area contributed by atoms with Crippen LogP contribution in [-0.4, -0.2) is 43.1 Å². The molecule has 4 rings (SSSR count). The topological polar surface area (TPSA) is 55.4 Å². The van der Waals surface area contributed by atoms with Gasteiger partial charge in [0.2, 0.25) is 5.91 Å². The molecule has 0 N–H and O–H groups in total. The second-order valence-corrected chi connectivity index (χ2v) is 8.83. The number of hydrogen-bond donors (Lipinski definition) is 0. The Morgan fingerprint density at radius 3 is 2.61 bits per heavy atom. The van der Waals surface area contributed by atoms with E-state index in [1.807, 2.05) is 16.5 Å². The summed E-state index contributed by atoms with van der Waals surface area (Å²) < 4.78 is 4.26. The molecule has 0 saturated carbocycles. The van der Waals surface area contributed by atoms with Crippen molar-refractivity contribution in [2.24, 2.45) is 0 Å². The van der Waals surface area contributed by atoms with Gasteiger partial charge in [-0.3, -0.25) is 13.9 Å². The van der Waals surface area contributed by atoms with E-state index in [0.29, 0.717) is 12.3 Å². The molecule has 0 atom stereocenters. The fourth-order valence-corrected chi connectivity index (χ4v) is 5.47. The van der Waals surface area contributed by atoms with Gasteiger partial charge in [-0.1, -0.05) is 0 Å². The fourth-order valence-electron chi connectivity index (χ4n) is 4.36. The predicted octanol–water partition coefficient (Wildman–Crippen LogP) is 4.01. The second kappa shape index (κ2) is 7.70. The van der Waals surface area contributed by atoms with Crippen LogP contribution in [0.25, 0.3) is 4.83 Å². The number of aromatic nitrogens is 4. The lowest BCUT2D eigenvalue weighted by atomic mass is 9.94. The van der Waals surface area contributed by atoms with Crippen LogP contribution in [0.2, 0.25) is 0 Å². The number of carbonyl (C=O) groups excluding carboxylic acids is 1. The first-order valence-electron chi connectivity index (χ1n) is 10.2. The highest BCUT2D eigenvalue weighted by atomic mass is 32.1. The summed E-state index contributed by atoms with van der Waals surface area (Å²) in [5.74, 6) is 1.81. The van der Waals surface area contributed by atoms with Gasteiger partial charge in [0, 0.05) is 48.7 Å². The number of rotatable bonds is 5. The Morgan fingerprint density at radius 1 is 1.18 bits per heavy atom. The molecule has 0 radical (unpaired) electrons. The number of hydrogen-bond acceptors (Lipinski definition) is 4. The smallest absolute Gasteiger partial charge is 0.222 e. The summed E-state index contributed by atoms with van der Waals surface area (Å²) in [5, 5.41) is 6.68. The van der Waals surface area contributed by atoms with Gasteiger partial charge in [0.05, 0.1) is 11.4 Å². The van der Waals surface area contributed by atoms with Crippen molar-refractivity contribution in [2.75, 3.05) is 13.1 Å². The van der Waals surface area contributed by atoms with Crippen molar-refractivity contribution in [3.8, 4) is 0 Å². The van der Waals surface area contributed by atoms with Crippen molar-refractivity contribution in [3.63, 3.8) is 0 Å². The zero-order chi connectivity index (χ0) is 19.8. The van der Waals surface area contributed by atoms with E-state index in [4.69, 9.17) is 4.98 Å². The lowest BCUT2D eigenvalue weighted by Gasteiger charge is -2.31. The Bertz CT molecular complexity index is 990. The van der Waals surface area contributed by atoms with Crippen LogP contribution in [0.1, 0.15) is 60.2 Å². The van der Waals surface area contributed by atoms with Crippen molar-refractivity contribution >= 4 is 22.1 Å². The van der Waals surface area contributed by atoms with E-state index >= 15 is 0 Å². The van der Waals surface area contributed by atoms with E-state index < -0.39 is 0 Å². The SMILES string of the molecule is Cc1cc(C)n(CCCC(=O)N2CCC(c3nc(C)n4c(C)csc34)CC2)n1. The van der Waals surface area contributed by atoms with Crippen molar-refractivity contribution in [1.82, 2.24) is 24.1 Å². The Morgan fingerprint density at radius 2 is 1.93 bits per heavy atom. The zero-order valence-corrected chi connectivity index (χ0v) is 18.1. The molecule has 1 aliphatic rings. The number of imidazole rings is 1. The van der Waals surface area contributed by atoms with Crippen LogP contribution in [0.15, 0.2) is 11.4 Å². The van der Waals surface area contributed by atoms with Crippen LogP contribution in [-0.2, 0) is 11.3 Å². The van der Waals surface area contributed by atoms with Gasteiger partial charge >= 0.3 is 0 Å². The molecule has 150 valence electrons. The zero-order valence-electron chi connectivity index (χ0n) is 17.2. The van der Waals surface area contributed by atoms with Gasteiger partial charge in [-0.15, -0.1) is 11.3 Å². The summed E-state index contributed by atoms with van der Waals surface area (Å²) in [6, 6.07) is 2.08. The van der Waals surface area contributed by atoms with Crippen molar-refractivity contribution in [3.05, 3.63) is 40.0 Å². The molecular formula is C21H29N5OS. The average molecular weight is 400 g/mol. The molecule has 0 spiro atoms. The van der Waals surface area contributed by atoms with Gasteiger partial charge in [0.1, 0.15) is 10.7 Å². The Balaban J connectivity index is 1.31. The molecule has 0 bridgehead atoms.